The maximum Gasteiger partial charge on any atom is 0.310 e. The van der Waals surface area contributed by atoms with E-state index in [4.69, 9.17) is 14.2 Å². The van der Waals surface area contributed by atoms with Crippen molar-refractivity contribution in [2.75, 3.05) is 19.8 Å². The van der Waals surface area contributed by atoms with Gasteiger partial charge in [-0.3, -0.25) is 9.59 Å². The Bertz CT molecular complexity index is 778. The van der Waals surface area contributed by atoms with E-state index < -0.39 is 11.9 Å². The van der Waals surface area contributed by atoms with Crippen molar-refractivity contribution < 1.29 is 28.2 Å². The number of hydrogen-bond acceptors (Lipinski definition) is 5. The largest absolute Gasteiger partial charge is 0.486 e. The molecule has 2 aromatic rings. The summed E-state index contributed by atoms with van der Waals surface area (Å²) in [7, 11) is 0. The molecule has 0 fully saturated rings. The highest BCUT2D eigenvalue weighted by atomic mass is 19.1. The Morgan fingerprint density at radius 2 is 1.85 bits per heavy atom. The van der Waals surface area contributed by atoms with Gasteiger partial charge in [0.25, 0.3) is 5.91 Å². The van der Waals surface area contributed by atoms with Crippen molar-refractivity contribution in [2.45, 2.75) is 12.5 Å². The van der Waals surface area contributed by atoms with Crippen molar-refractivity contribution in [2.24, 2.45) is 0 Å². The van der Waals surface area contributed by atoms with Gasteiger partial charge in [0.05, 0.1) is 13.0 Å². The third-order valence-electron chi connectivity index (χ3n) is 3.72. The van der Waals surface area contributed by atoms with Crippen LogP contribution in [-0.4, -0.2) is 37.7 Å². The molecule has 1 atom stereocenters. The first-order valence-electron chi connectivity index (χ1n) is 8.15. The van der Waals surface area contributed by atoms with E-state index >= 15 is 0 Å². The molecule has 7 heteroatoms. The summed E-state index contributed by atoms with van der Waals surface area (Å²) in [6.07, 6.45) is -0.340. The van der Waals surface area contributed by atoms with E-state index in [9.17, 15) is 14.0 Å². The molecule has 0 aromatic heterocycles. The molecule has 6 nitrogen and oxygen atoms in total. The topological polar surface area (TPSA) is 73.9 Å². The molecule has 1 aliphatic rings. The van der Waals surface area contributed by atoms with Gasteiger partial charge in [0.2, 0.25) is 0 Å². The lowest BCUT2D eigenvalue weighted by Gasteiger charge is -2.26. The molecule has 136 valence electrons. The molecule has 0 bridgehead atoms. The predicted molar refractivity (Wildman–Crippen MR) is 90.4 cm³/mol. The zero-order valence-electron chi connectivity index (χ0n) is 13.9. The lowest BCUT2D eigenvalue weighted by molar-refractivity contribution is -0.148. The second-order valence-electron chi connectivity index (χ2n) is 5.77. The highest BCUT2D eigenvalue weighted by Crippen LogP contribution is 2.30. The van der Waals surface area contributed by atoms with Gasteiger partial charge in [-0.1, -0.05) is 24.3 Å². The standard InChI is InChI=1S/C19H18FNO5/c20-14-7-5-13(6-8-14)9-19(23)25-12-18(22)21-10-15-11-24-16-3-1-2-4-17(16)26-15/h1-8,15H,9-12H2,(H,21,22)/t15-/m1/s1. The molecule has 1 heterocycles. The van der Waals surface area contributed by atoms with E-state index in [0.29, 0.717) is 23.7 Å². The zero-order valence-corrected chi connectivity index (χ0v) is 13.9. The van der Waals surface area contributed by atoms with Crippen LogP contribution in [0, 0.1) is 5.82 Å². The minimum Gasteiger partial charge on any atom is -0.486 e. The monoisotopic (exact) mass is 359 g/mol. The van der Waals surface area contributed by atoms with Crippen LogP contribution in [0.3, 0.4) is 0 Å². The molecular formula is C19H18FNO5. The summed E-state index contributed by atoms with van der Waals surface area (Å²) in [5.41, 5.74) is 0.614. The van der Waals surface area contributed by atoms with Crippen LogP contribution >= 0.6 is 0 Å². The Morgan fingerprint density at radius 3 is 2.62 bits per heavy atom. The van der Waals surface area contributed by atoms with Gasteiger partial charge >= 0.3 is 5.97 Å². The number of carbonyl (C=O) groups excluding carboxylic acids is 2. The minimum absolute atomic E-state index is 0.0239. The van der Waals surface area contributed by atoms with Gasteiger partial charge in [0.15, 0.2) is 18.1 Å². The highest BCUT2D eigenvalue weighted by molar-refractivity contribution is 5.81. The van der Waals surface area contributed by atoms with Crippen molar-refractivity contribution >= 4 is 11.9 Å². The second-order valence-corrected chi connectivity index (χ2v) is 5.77. The minimum atomic E-state index is -0.557. The van der Waals surface area contributed by atoms with Crippen LogP contribution in [-0.2, 0) is 20.7 Å². The number of halogens is 1. The summed E-state index contributed by atoms with van der Waals surface area (Å²) in [6, 6.07) is 12.8. The van der Waals surface area contributed by atoms with Crippen LogP contribution in [0.25, 0.3) is 0 Å². The zero-order chi connectivity index (χ0) is 18.4. The van der Waals surface area contributed by atoms with Gasteiger partial charge in [-0.2, -0.15) is 0 Å². The van der Waals surface area contributed by atoms with Crippen LogP contribution in [0.4, 0.5) is 4.39 Å². The number of carbonyl (C=O) groups is 2. The van der Waals surface area contributed by atoms with Crippen molar-refractivity contribution in [3.63, 3.8) is 0 Å². The summed E-state index contributed by atoms with van der Waals surface area (Å²) in [4.78, 5) is 23.5. The van der Waals surface area contributed by atoms with Crippen LogP contribution in [0.15, 0.2) is 48.5 Å². The van der Waals surface area contributed by atoms with Gasteiger partial charge in [0, 0.05) is 0 Å². The van der Waals surface area contributed by atoms with Crippen molar-refractivity contribution in [3.8, 4) is 11.5 Å². The van der Waals surface area contributed by atoms with E-state index in [1.165, 1.54) is 24.3 Å². The number of esters is 1. The first-order valence-corrected chi connectivity index (χ1v) is 8.15. The third-order valence-corrected chi connectivity index (χ3v) is 3.72. The van der Waals surface area contributed by atoms with Gasteiger partial charge in [-0.15, -0.1) is 0 Å². The first-order chi connectivity index (χ1) is 12.6. The molecule has 0 aliphatic carbocycles. The van der Waals surface area contributed by atoms with E-state index in [1.807, 2.05) is 18.2 Å². The van der Waals surface area contributed by atoms with E-state index in [2.05, 4.69) is 5.32 Å². The third kappa shape index (κ3) is 4.95. The van der Waals surface area contributed by atoms with E-state index in [0.717, 1.165) is 0 Å². The van der Waals surface area contributed by atoms with Crippen molar-refractivity contribution in [1.29, 1.82) is 0 Å². The molecule has 1 amide bonds. The van der Waals surface area contributed by atoms with Gasteiger partial charge in [-0.05, 0) is 29.8 Å². The Labute approximate surface area is 149 Å². The number of para-hydroxylation sites is 2. The summed E-state index contributed by atoms with van der Waals surface area (Å²) < 4.78 is 29.0. The molecule has 0 unspecified atom stereocenters. The van der Waals surface area contributed by atoms with Crippen LogP contribution in [0.2, 0.25) is 0 Å². The molecular weight excluding hydrogens is 341 g/mol. The summed E-state index contributed by atoms with van der Waals surface area (Å²) >= 11 is 0. The smallest absolute Gasteiger partial charge is 0.310 e. The first kappa shape index (κ1) is 17.7. The van der Waals surface area contributed by atoms with E-state index in [1.54, 1.807) is 6.07 Å². The quantitative estimate of drug-likeness (QED) is 0.797. The number of rotatable bonds is 6. The maximum absolute atomic E-state index is 12.8. The lowest BCUT2D eigenvalue weighted by atomic mass is 10.1. The molecule has 3 rings (SSSR count). The van der Waals surface area contributed by atoms with Crippen molar-refractivity contribution in [3.05, 3.63) is 59.9 Å². The number of ether oxygens (including phenoxy) is 3. The average molecular weight is 359 g/mol. The SMILES string of the molecule is O=C(COC(=O)Cc1ccc(F)cc1)NC[C@@H]1COc2ccccc2O1. The Kier molecular flexibility index (Phi) is 5.68. The van der Waals surface area contributed by atoms with Gasteiger partial charge < -0.3 is 19.5 Å². The fourth-order valence-electron chi connectivity index (χ4n) is 2.41. The number of fused-ring (bicyclic) bond motifs is 1. The molecule has 26 heavy (non-hydrogen) atoms. The second kappa shape index (κ2) is 8.33. The van der Waals surface area contributed by atoms with Gasteiger partial charge in [0.1, 0.15) is 18.5 Å². The number of hydrogen-bond donors (Lipinski definition) is 1. The maximum atomic E-state index is 12.8. The fourth-order valence-corrected chi connectivity index (χ4v) is 2.41. The predicted octanol–water partition coefficient (Wildman–Crippen LogP) is 1.87. The normalized spacial score (nSPS) is 15.2. The Morgan fingerprint density at radius 1 is 1.12 bits per heavy atom. The highest BCUT2D eigenvalue weighted by Gasteiger charge is 2.21. The molecule has 0 saturated heterocycles. The summed E-state index contributed by atoms with van der Waals surface area (Å²) in [5, 5.41) is 2.64. The fraction of sp³-hybridized carbons (Fsp3) is 0.263. The summed E-state index contributed by atoms with van der Waals surface area (Å²) in [5.74, 6) is -0.0654. The number of nitrogens with one attached hydrogen (secondary N) is 1. The molecule has 2 aromatic carbocycles. The van der Waals surface area contributed by atoms with Crippen molar-refractivity contribution in [1.82, 2.24) is 5.32 Å². The molecule has 0 spiro atoms. The summed E-state index contributed by atoms with van der Waals surface area (Å²) in [6.45, 7) is 0.175. The van der Waals surface area contributed by atoms with Gasteiger partial charge in [-0.25, -0.2) is 4.39 Å². The Hall–Kier alpha value is -3.09. The van der Waals surface area contributed by atoms with Crippen LogP contribution < -0.4 is 14.8 Å². The number of benzene rings is 2. The molecule has 0 saturated carbocycles. The molecule has 1 aliphatic heterocycles. The van der Waals surface area contributed by atoms with Crippen LogP contribution in [0.1, 0.15) is 5.56 Å². The average Bonchev–Trinajstić information content (AvgIpc) is 2.66. The number of amides is 1. The Balaban J connectivity index is 1.37. The molecule has 0 radical (unpaired) electrons. The van der Waals surface area contributed by atoms with E-state index in [-0.39, 0.29) is 31.5 Å². The molecule has 1 N–H and O–H groups in total. The van der Waals surface area contributed by atoms with Crippen LogP contribution in [0.5, 0.6) is 11.5 Å². The lowest BCUT2D eigenvalue weighted by Crippen LogP contribution is -2.42.